The third kappa shape index (κ3) is 8.87. The number of benzene rings is 4. The smallest absolute Gasteiger partial charge is 0.407 e. The van der Waals surface area contributed by atoms with E-state index < -0.39 is 24.6 Å². The van der Waals surface area contributed by atoms with Crippen LogP contribution in [-0.2, 0) is 28.5 Å². The van der Waals surface area contributed by atoms with Crippen molar-refractivity contribution in [3.05, 3.63) is 84.4 Å². The quantitative estimate of drug-likeness (QED) is 0.0819. The van der Waals surface area contributed by atoms with Crippen molar-refractivity contribution in [1.82, 2.24) is 40.4 Å². The predicted octanol–water partition coefficient (Wildman–Crippen LogP) is 6.71. The summed E-state index contributed by atoms with van der Waals surface area (Å²) in [5.74, 6) is 1.35. The van der Waals surface area contributed by atoms with Crippen LogP contribution in [0.2, 0.25) is 0 Å². The third-order valence-corrected chi connectivity index (χ3v) is 14.2. The fourth-order valence-corrected chi connectivity index (χ4v) is 10.6. The lowest BCUT2D eigenvalue weighted by Gasteiger charge is -2.35. The molecule has 6 heterocycles. The first-order valence-corrected chi connectivity index (χ1v) is 23.4. The van der Waals surface area contributed by atoms with E-state index in [-0.39, 0.29) is 35.7 Å². The minimum Gasteiger partial charge on any atom is -0.453 e. The van der Waals surface area contributed by atoms with Crippen molar-refractivity contribution in [3.63, 3.8) is 0 Å². The maximum Gasteiger partial charge on any atom is 0.407 e. The first-order chi connectivity index (χ1) is 32.2. The van der Waals surface area contributed by atoms with Crippen LogP contribution in [0.5, 0.6) is 0 Å². The fraction of sp³-hybridized carbons (Fsp3) is 0.460. The van der Waals surface area contributed by atoms with Crippen LogP contribution in [0.4, 0.5) is 4.79 Å². The lowest BCUT2D eigenvalue weighted by molar-refractivity contribution is -0.147. The number of likely N-dealkylation sites (tertiary alicyclic amines) is 2. The highest BCUT2D eigenvalue weighted by Gasteiger charge is 2.41. The summed E-state index contributed by atoms with van der Waals surface area (Å²) in [7, 11) is 2.73. The molecule has 4 saturated heterocycles. The average Bonchev–Trinajstić information content (AvgIpc) is 4.20. The molecule has 66 heavy (non-hydrogen) atoms. The van der Waals surface area contributed by atoms with Crippen LogP contribution >= 0.6 is 0 Å². The molecule has 6 aromatic rings. The van der Waals surface area contributed by atoms with Crippen LogP contribution in [0.15, 0.2) is 72.8 Å². The SMILES string of the molecule is COC(=O)N[C@H](C(=O)N1CCC[C@H]1c1nc2ccc(-c3ccc4cc(-c5ccc6nc([C@@H]7CCCN7C(=O)[C@@H](NC(O)OC)C7CCOCC7)[nH]c6c5)ccc4c3)cc2[nH]1)C1CCOCC1. The number of amides is 3. The number of nitrogens with zero attached hydrogens (tertiary/aromatic N) is 4. The van der Waals surface area contributed by atoms with E-state index in [1.807, 2.05) is 21.9 Å². The summed E-state index contributed by atoms with van der Waals surface area (Å²) in [5.41, 5.74) is 7.75. The molecule has 1 unspecified atom stereocenters. The van der Waals surface area contributed by atoms with Gasteiger partial charge in [0.25, 0.3) is 0 Å². The second kappa shape index (κ2) is 19.1. The highest BCUT2D eigenvalue weighted by atomic mass is 16.6. The number of hydrogen-bond donors (Lipinski definition) is 5. The minimum absolute atomic E-state index is 0.0285. The lowest BCUT2D eigenvalue weighted by atomic mass is 9.90. The Hall–Kier alpha value is -5.91. The summed E-state index contributed by atoms with van der Waals surface area (Å²) in [5, 5.41) is 18.4. The van der Waals surface area contributed by atoms with Crippen LogP contribution < -0.4 is 10.6 Å². The molecule has 3 amide bonds. The van der Waals surface area contributed by atoms with E-state index >= 15 is 0 Å². The van der Waals surface area contributed by atoms with Crippen molar-refractivity contribution in [2.24, 2.45) is 11.8 Å². The molecule has 2 aromatic heterocycles. The maximum absolute atomic E-state index is 14.1. The molecular formula is C50H58N8O8. The van der Waals surface area contributed by atoms with E-state index in [0.717, 1.165) is 105 Å². The molecule has 4 aromatic carbocycles. The summed E-state index contributed by atoms with van der Waals surface area (Å²) in [6, 6.07) is 23.8. The van der Waals surface area contributed by atoms with E-state index in [0.29, 0.717) is 52.4 Å². The van der Waals surface area contributed by atoms with Crippen molar-refractivity contribution in [1.29, 1.82) is 0 Å². The van der Waals surface area contributed by atoms with Crippen LogP contribution in [0, 0.1) is 11.8 Å². The Morgan fingerprint density at radius 1 is 0.652 bits per heavy atom. The van der Waals surface area contributed by atoms with Crippen molar-refractivity contribution >= 4 is 50.7 Å². The zero-order valence-corrected chi connectivity index (χ0v) is 37.5. The summed E-state index contributed by atoms with van der Waals surface area (Å²) in [6.45, 7) is 3.50. The highest BCUT2D eigenvalue weighted by molar-refractivity contribution is 5.93. The second-order valence-electron chi connectivity index (χ2n) is 18.1. The van der Waals surface area contributed by atoms with E-state index in [1.165, 1.54) is 14.2 Å². The molecule has 16 heteroatoms. The highest BCUT2D eigenvalue weighted by Crippen LogP contribution is 2.37. The van der Waals surface area contributed by atoms with Gasteiger partial charge in [-0.1, -0.05) is 36.4 Å². The zero-order valence-electron chi connectivity index (χ0n) is 37.5. The zero-order chi connectivity index (χ0) is 45.3. The van der Waals surface area contributed by atoms with E-state index in [2.05, 4.69) is 81.3 Å². The van der Waals surface area contributed by atoms with E-state index in [4.69, 9.17) is 28.9 Å². The standard InChI is InChI=1S/C50H58N8O8/c1-63-49(61)55-43(29-15-21-65-22-16-29)47(59)57-19-3-5-41(57)45-51-37-13-11-35(27-39(37)53-45)33-9-7-32-26-34(10-8-31(32)25-33)36-12-14-38-40(28-36)54-46(52-38)42-6-4-20-58(42)48(60)44(56-50(62)64-2)30-17-23-66-24-18-30/h7-14,25-30,41-44,49,55,61H,3-6,15-24H2,1-2H3,(H,51,53)(H,52,54)(H,56,62)/t41-,42-,43-,44-,49?/m0/s1. The van der Waals surface area contributed by atoms with Gasteiger partial charge in [0.05, 0.1) is 47.3 Å². The van der Waals surface area contributed by atoms with Gasteiger partial charge in [-0.15, -0.1) is 0 Å². The van der Waals surface area contributed by atoms with Gasteiger partial charge < -0.3 is 49.1 Å². The third-order valence-electron chi connectivity index (χ3n) is 14.2. The molecule has 10 rings (SSSR count). The Bertz CT molecular complexity index is 2730. The second-order valence-corrected chi connectivity index (χ2v) is 18.1. The largest absolute Gasteiger partial charge is 0.453 e. The van der Waals surface area contributed by atoms with Gasteiger partial charge in [-0.25, -0.2) is 14.8 Å². The number of fused-ring (bicyclic) bond motifs is 3. The molecule has 16 nitrogen and oxygen atoms in total. The molecule has 5 atom stereocenters. The van der Waals surface area contributed by atoms with Gasteiger partial charge in [-0.3, -0.25) is 14.9 Å². The minimum atomic E-state index is -1.24. The van der Waals surface area contributed by atoms with Gasteiger partial charge in [-0.05, 0) is 133 Å². The predicted molar refractivity (Wildman–Crippen MR) is 248 cm³/mol. The van der Waals surface area contributed by atoms with Crippen LogP contribution in [0.3, 0.4) is 0 Å². The Morgan fingerprint density at radius 2 is 1.11 bits per heavy atom. The summed E-state index contributed by atoms with van der Waals surface area (Å²) in [4.78, 5) is 61.4. The fourth-order valence-electron chi connectivity index (χ4n) is 10.6. The first-order valence-electron chi connectivity index (χ1n) is 23.4. The Labute approximate surface area is 382 Å². The molecule has 346 valence electrons. The first kappa shape index (κ1) is 44.0. The van der Waals surface area contributed by atoms with Gasteiger partial charge in [0.15, 0.2) is 0 Å². The summed E-state index contributed by atoms with van der Waals surface area (Å²) in [6.07, 6.45) is 4.29. The number of aliphatic hydroxyl groups excluding tert-OH is 1. The molecule has 4 fully saturated rings. The van der Waals surface area contributed by atoms with Gasteiger partial charge in [0.1, 0.15) is 17.7 Å². The maximum atomic E-state index is 14.1. The van der Waals surface area contributed by atoms with Crippen molar-refractivity contribution in [2.45, 2.75) is 81.9 Å². The van der Waals surface area contributed by atoms with Gasteiger partial charge in [-0.2, -0.15) is 0 Å². The number of carbonyl (C=O) groups is 3. The Balaban J connectivity index is 0.847. The van der Waals surface area contributed by atoms with Gasteiger partial charge in [0.2, 0.25) is 18.2 Å². The van der Waals surface area contributed by atoms with Crippen molar-refractivity contribution < 1.29 is 38.4 Å². The summed E-state index contributed by atoms with van der Waals surface area (Å²) < 4.78 is 21.1. The topological polar surface area (TPSA) is 196 Å². The Kier molecular flexibility index (Phi) is 12.7. The number of aliphatic hydroxyl groups is 1. The molecule has 5 N–H and O–H groups in total. The molecule has 0 aliphatic carbocycles. The monoisotopic (exact) mass is 898 g/mol. The number of nitrogens with one attached hydrogen (secondary N) is 4. The normalized spacial score (nSPS) is 21.1. The molecular weight excluding hydrogens is 841 g/mol. The number of rotatable bonds is 12. The van der Waals surface area contributed by atoms with Crippen LogP contribution in [0.25, 0.3) is 55.1 Å². The molecule has 0 saturated carbocycles. The number of methoxy groups -OCH3 is 2. The van der Waals surface area contributed by atoms with Crippen molar-refractivity contribution in [3.8, 4) is 22.3 Å². The summed E-state index contributed by atoms with van der Waals surface area (Å²) >= 11 is 0. The van der Waals surface area contributed by atoms with Crippen molar-refractivity contribution in [2.75, 3.05) is 53.7 Å². The van der Waals surface area contributed by atoms with E-state index in [9.17, 15) is 19.5 Å². The molecule has 4 aliphatic heterocycles. The number of aromatic nitrogens is 4. The number of aromatic amines is 2. The number of alkyl carbamates (subject to hydrolysis) is 1. The number of imidazole rings is 2. The lowest BCUT2D eigenvalue weighted by Crippen LogP contribution is -2.54. The van der Waals surface area contributed by atoms with Gasteiger partial charge in [0, 0.05) is 46.6 Å². The number of H-pyrrole nitrogens is 2. The van der Waals surface area contributed by atoms with Crippen LogP contribution in [-0.4, -0.2) is 125 Å². The van der Waals surface area contributed by atoms with E-state index in [1.54, 1.807) is 0 Å². The number of hydrogen-bond acceptors (Lipinski definition) is 11. The molecule has 4 aliphatic rings. The molecule has 0 spiro atoms. The number of ether oxygens (including phenoxy) is 4. The average molecular weight is 899 g/mol. The Morgan fingerprint density at radius 3 is 1.59 bits per heavy atom. The van der Waals surface area contributed by atoms with Crippen LogP contribution in [0.1, 0.15) is 75.1 Å². The van der Waals surface area contributed by atoms with Gasteiger partial charge >= 0.3 is 6.09 Å². The number of carbonyl (C=O) groups excluding carboxylic acids is 3. The molecule has 0 bridgehead atoms. The molecule has 0 radical (unpaired) electrons.